The molecule has 2 aromatic heterocycles. The third-order valence-corrected chi connectivity index (χ3v) is 5.35. The second-order valence-electron chi connectivity index (χ2n) is 4.60. The Balaban J connectivity index is 1.99. The highest BCUT2D eigenvalue weighted by atomic mass is 32.2. The van der Waals surface area contributed by atoms with E-state index in [1.165, 1.54) is 35.0 Å². The summed E-state index contributed by atoms with van der Waals surface area (Å²) in [6.07, 6.45) is 4.54. The summed E-state index contributed by atoms with van der Waals surface area (Å²) in [5.41, 5.74) is 1.26. The van der Waals surface area contributed by atoms with Gasteiger partial charge >= 0.3 is 0 Å². The number of nitrogens with one attached hydrogen (secondary N) is 1. The number of aromatic nitrogens is 2. The lowest BCUT2D eigenvalue weighted by molar-refractivity contribution is 0.218. The maximum absolute atomic E-state index is 12.2. The molecule has 102 valence electrons. The molecular weight excluding hydrogens is 280 g/mol. The number of rotatable bonds is 4. The number of aromatic amines is 1. The van der Waals surface area contributed by atoms with Crippen LogP contribution >= 0.6 is 23.1 Å². The van der Waals surface area contributed by atoms with E-state index in [2.05, 4.69) is 9.97 Å². The van der Waals surface area contributed by atoms with Crippen molar-refractivity contribution in [3.05, 3.63) is 20.8 Å². The Kier molecular flexibility index (Phi) is 3.91. The van der Waals surface area contributed by atoms with Crippen molar-refractivity contribution in [3.63, 3.8) is 0 Å². The maximum atomic E-state index is 12.2. The normalized spacial score (nSPS) is 14.8. The quantitative estimate of drug-likeness (QED) is 0.535. The van der Waals surface area contributed by atoms with Gasteiger partial charge in [0.2, 0.25) is 0 Å². The summed E-state index contributed by atoms with van der Waals surface area (Å²) in [5.74, 6) is 0.802. The van der Waals surface area contributed by atoms with Crippen molar-refractivity contribution in [2.75, 3.05) is 19.5 Å². The first kappa shape index (κ1) is 13.1. The van der Waals surface area contributed by atoms with Crippen LogP contribution in [0.3, 0.4) is 0 Å². The predicted octanol–water partition coefficient (Wildman–Crippen LogP) is 2.60. The maximum Gasteiger partial charge on any atom is 0.260 e. The molecule has 1 N–H and O–H groups in total. The van der Waals surface area contributed by atoms with Crippen LogP contribution in [-0.4, -0.2) is 29.4 Å². The number of ether oxygens (including phenoxy) is 1. The minimum atomic E-state index is 0.0179. The molecule has 0 saturated carbocycles. The summed E-state index contributed by atoms with van der Waals surface area (Å²) in [6.45, 7) is 0.660. The van der Waals surface area contributed by atoms with Gasteiger partial charge in [0, 0.05) is 17.7 Å². The summed E-state index contributed by atoms with van der Waals surface area (Å²) in [7, 11) is 1.67. The molecule has 0 saturated heterocycles. The largest absolute Gasteiger partial charge is 0.384 e. The van der Waals surface area contributed by atoms with Gasteiger partial charge in [-0.25, -0.2) is 4.98 Å². The van der Waals surface area contributed by atoms with E-state index >= 15 is 0 Å². The van der Waals surface area contributed by atoms with E-state index < -0.39 is 0 Å². The van der Waals surface area contributed by atoms with Crippen LogP contribution in [-0.2, 0) is 17.6 Å². The molecule has 2 aromatic rings. The highest BCUT2D eigenvalue weighted by molar-refractivity contribution is 7.99. The number of aryl methyl sites for hydroxylation is 2. The van der Waals surface area contributed by atoms with E-state index in [1.54, 1.807) is 18.4 Å². The lowest BCUT2D eigenvalue weighted by Gasteiger charge is -2.09. The Morgan fingerprint density at radius 1 is 1.42 bits per heavy atom. The van der Waals surface area contributed by atoms with Crippen LogP contribution in [0.5, 0.6) is 0 Å². The van der Waals surface area contributed by atoms with Crippen molar-refractivity contribution in [1.29, 1.82) is 0 Å². The Labute approximate surface area is 119 Å². The standard InChI is InChI=1S/C13H16N2O2S2/c1-17-6-7-18-13-14-11(16)10-8-4-2-3-5-9(8)19-12(10)15-13/h2-7H2,1H3,(H,14,15,16). The Morgan fingerprint density at radius 3 is 3.11 bits per heavy atom. The van der Waals surface area contributed by atoms with Crippen molar-refractivity contribution in [3.8, 4) is 0 Å². The molecule has 0 fully saturated rings. The molecule has 3 rings (SSSR count). The van der Waals surface area contributed by atoms with Crippen LogP contribution in [0.4, 0.5) is 0 Å². The lowest BCUT2D eigenvalue weighted by atomic mass is 9.97. The van der Waals surface area contributed by atoms with Crippen molar-refractivity contribution >= 4 is 33.3 Å². The average Bonchev–Trinajstić information content (AvgIpc) is 2.77. The second kappa shape index (κ2) is 5.64. The van der Waals surface area contributed by atoms with Gasteiger partial charge in [-0.1, -0.05) is 11.8 Å². The molecule has 0 amide bonds. The van der Waals surface area contributed by atoms with Crippen LogP contribution in [0.25, 0.3) is 10.2 Å². The van der Waals surface area contributed by atoms with Crippen LogP contribution < -0.4 is 5.56 Å². The zero-order valence-corrected chi connectivity index (χ0v) is 12.5. The number of H-pyrrole nitrogens is 1. The first-order valence-electron chi connectivity index (χ1n) is 6.46. The van der Waals surface area contributed by atoms with Gasteiger partial charge in [-0.15, -0.1) is 11.3 Å². The van der Waals surface area contributed by atoms with Crippen molar-refractivity contribution < 1.29 is 4.74 Å². The number of nitrogens with zero attached hydrogens (tertiary/aromatic N) is 1. The molecule has 0 aliphatic heterocycles. The van der Waals surface area contributed by atoms with Gasteiger partial charge < -0.3 is 9.72 Å². The smallest absolute Gasteiger partial charge is 0.260 e. The van der Waals surface area contributed by atoms with Crippen molar-refractivity contribution in [2.45, 2.75) is 30.8 Å². The fourth-order valence-corrected chi connectivity index (χ4v) is 4.52. The lowest BCUT2D eigenvalue weighted by Crippen LogP contribution is -2.11. The predicted molar refractivity (Wildman–Crippen MR) is 79.5 cm³/mol. The van der Waals surface area contributed by atoms with Gasteiger partial charge in [0.05, 0.1) is 12.0 Å². The minimum absolute atomic E-state index is 0.0179. The molecule has 0 unspecified atom stereocenters. The van der Waals surface area contributed by atoms with Crippen molar-refractivity contribution in [2.24, 2.45) is 0 Å². The van der Waals surface area contributed by atoms with E-state index in [0.717, 1.165) is 28.8 Å². The molecule has 1 aliphatic carbocycles. The summed E-state index contributed by atoms with van der Waals surface area (Å²) < 4.78 is 5.01. The van der Waals surface area contributed by atoms with Crippen LogP contribution in [0.15, 0.2) is 9.95 Å². The number of methoxy groups -OCH3 is 1. The number of thioether (sulfide) groups is 1. The van der Waals surface area contributed by atoms with E-state index in [1.807, 2.05) is 0 Å². The molecule has 0 bridgehead atoms. The molecule has 0 aromatic carbocycles. The first-order chi connectivity index (χ1) is 9.29. The molecule has 0 radical (unpaired) electrons. The van der Waals surface area contributed by atoms with Crippen LogP contribution in [0.1, 0.15) is 23.3 Å². The molecular formula is C13H16N2O2S2. The summed E-state index contributed by atoms with van der Waals surface area (Å²) in [5, 5.41) is 1.53. The summed E-state index contributed by atoms with van der Waals surface area (Å²) >= 11 is 3.23. The van der Waals surface area contributed by atoms with E-state index in [9.17, 15) is 4.79 Å². The first-order valence-corrected chi connectivity index (χ1v) is 8.26. The molecule has 4 nitrogen and oxygen atoms in total. The van der Waals surface area contributed by atoms with E-state index in [0.29, 0.717) is 11.8 Å². The van der Waals surface area contributed by atoms with Gasteiger partial charge in [0.25, 0.3) is 5.56 Å². The fraction of sp³-hybridized carbons (Fsp3) is 0.538. The highest BCUT2D eigenvalue weighted by Crippen LogP contribution is 2.34. The van der Waals surface area contributed by atoms with Gasteiger partial charge in [0.15, 0.2) is 5.16 Å². The van der Waals surface area contributed by atoms with Crippen LogP contribution in [0.2, 0.25) is 0 Å². The molecule has 1 aliphatic rings. The van der Waals surface area contributed by atoms with Gasteiger partial charge in [-0.3, -0.25) is 4.79 Å². The van der Waals surface area contributed by atoms with Crippen LogP contribution in [0, 0.1) is 0 Å². The molecule has 2 heterocycles. The topological polar surface area (TPSA) is 55.0 Å². The monoisotopic (exact) mass is 296 g/mol. The number of hydrogen-bond donors (Lipinski definition) is 1. The van der Waals surface area contributed by atoms with Crippen molar-refractivity contribution in [1.82, 2.24) is 9.97 Å². The third kappa shape index (κ3) is 2.57. The third-order valence-electron chi connectivity index (χ3n) is 3.33. The van der Waals surface area contributed by atoms with E-state index in [4.69, 9.17) is 4.74 Å². The number of thiophene rings is 1. The molecule has 0 atom stereocenters. The summed E-state index contributed by atoms with van der Waals surface area (Å²) in [6, 6.07) is 0. The highest BCUT2D eigenvalue weighted by Gasteiger charge is 2.19. The van der Waals surface area contributed by atoms with E-state index in [-0.39, 0.29) is 5.56 Å². The molecule has 0 spiro atoms. The SMILES string of the molecule is COCCSc1nc2sc3c(c2c(=O)[nH]1)CCCC3. The summed E-state index contributed by atoms with van der Waals surface area (Å²) in [4.78, 5) is 22.0. The Hall–Kier alpha value is -0.850. The average molecular weight is 296 g/mol. The second-order valence-corrected chi connectivity index (χ2v) is 6.77. The Bertz CT molecular complexity index is 648. The molecule has 6 heteroatoms. The number of fused-ring (bicyclic) bond motifs is 3. The minimum Gasteiger partial charge on any atom is -0.384 e. The fourth-order valence-electron chi connectivity index (χ4n) is 2.43. The molecule has 19 heavy (non-hydrogen) atoms. The van der Waals surface area contributed by atoms with Gasteiger partial charge in [-0.2, -0.15) is 0 Å². The zero-order chi connectivity index (χ0) is 13.2. The Morgan fingerprint density at radius 2 is 2.26 bits per heavy atom. The van der Waals surface area contributed by atoms with Gasteiger partial charge in [-0.05, 0) is 31.2 Å². The number of hydrogen-bond acceptors (Lipinski definition) is 5. The van der Waals surface area contributed by atoms with Gasteiger partial charge in [0.1, 0.15) is 4.83 Å². The zero-order valence-electron chi connectivity index (χ0n) is 10.8.